The van der Waals surface area contributed by atoms with Gasteiger partial charge in [0.1, 0.15) is 0 Å². The molecule has 0 saturated carbocycles. The second-order valence-corrected chi connectivity index (χ2v) is 10.4. The quantitative estimate of drug-likeness (QED) is 0.558. The molecule has 12 heteroatoms. The van der Waals surface area contributed by atoms with Gasteiger partial charge in [0, 0.05) is 36.9 Å². The van der Waals surface area contributed by atoms with E-state index in [1.54, 1.807) is 6.20 Å². The van der Waals surface area contributed by atoms with E-state index in [1.807, 2.05) is 13.8 Å². The fraction of sp³-hybridized carbons (Fsp3) is 0.429. The molecule has 0 aliphatic carbocycles. The Labute approximate surface area is 191 Å². The van der Waals surface area contributed by atoms with Crippen LogP contribution in [0, 0.1) is 5.82 Å². The third kappa shape index (κ3) is 4.96. The van der Waals surface area contributed by atoms with Crippen molar-refractivity contribution in [2.45, 2.75) is 38.8 Å². The summed E-state index contributed by atoms with van der Waals surface area (Å²) in [6, 6.07) is 1.38. The second-order valence-electron chi connectivity index (χ2n) is 8.39. The number of pyridine rings is 1. The summed E-state index contributed by atoms with van der Waals surface area (Å²) in [5.74, 6) is -0.830. The van der Waals surface area contributed by atoms with Gasteiger partial charge in [-0.1, -0.05) is 0 Å². The fourth-order valence-corrected chi connectivity index (χ4v) is 4.72. The Morgan fingerprint density at radius 3 is 2.61 bits per heavy atom. The van der Waals surface area contributed by atoms with Crippen LogP contribution in [0.5, 0.6) is 0 Å². The van der Waals surface area contributed by atoms with Crippen molar-refractivity contribution in [2.24, 2.45) is 0 Å². The van der Waals surface area contributed by atoms with Crippen molar-refractivity contribution in [2.75, 3.05) is 24.7 Å². The Kier molecular flexibility index (Phi) is 6.30. The van der Waals surface area contributed by atoms with Crippen LogP contribution in [0.15, 0.2) is 30.9 Å². The number of hydrogen-bond donors (Lipinski definition) is 2. The first-order chi connectivity index (χ1) is 15.6. The topological polar surface area (TPSA) is 122 Å². The fourth-order valence-electron chi connectivity index (χ4n) is 3.85. The highest BCUT2D eigenvalue weighted by atomic mass is 32.2. The van der Waals surface area contributed by atoms with Crippen molar-refractivity contribution in [3.05, 3.63) is 42.2 Å². The maximum atomic E-state index is 14.2. The van der Waals surface area contributed by atoms with Gasteiger partial charge in [0.05, 0.1) is 41.8 Å². The van der Waals surface area contributed by atoms with Crippen LogP contribution in [0.4, 0.5) is 10.1 Å². The zero-order chi connectivity index (χ0) is 23.8. The second kappa shape index (κ2) is 9.02. The van der Waals surface area contributed by atoms with E-state index in [-0.39, 0.29) is 23.6 Å². The maximum Gasteiger partial charge on any atom is 0.255 e. The van der Waals surface area contributed by atoms with Crippen LogP contribution in [-0.4, -0.2) is 69.6 Å². The van der Waals surface area contributed by atoms with Crippen molar-refractivity contribution in [1.29, 1.82) is 0 Å². The van der Waals surface area contributed by atoms with E-state index in [9.17, 15) is 17.6 Å². The average Bonchev–Trinajstić information content (AvgIpc) is 3.18. The standard InChI is InChI=1S/C21H26FN7O3S/c1-13(2)25-19-16(21(30)26-14-5-8-28(9-6-14)33(3,31)32)10-24-29-12-18(27-20(19)29)15-4-7-23-11-17(15)22/h4,7,10-14,25H,5-6,8-9H2,1-3H3,(H,26,30). The van der Waals surface area contributed by atoms with Gasteiger partial charge in [0.2, 0.25) is 10.0 Å². The molecule has 0 atom stereocenters. The molecule has 0 aromatic carbocycles. The molecule has 1 saturated heterocycles. The van der Waals surface area contributed by atoms with Gasteiger partial charge in [-0.2, -0.15) is 5.10 Å². The molecule has 1 aliphatic rings. The lowest BCUT2D eigenvalue weighted by molar-refractivity contribution is 0.0924. The van der Waals surface area contributed by atoms with Crippen LogP contribution in [0.25, 0.3) is 16.9 Å². The van der Waals surface area contributed by atoms with Gasteiger partial charge in [0.25, 0.3) is 5.91 Å². The summed E-state index contributed by atoms with van der Waals surface area (Å²) in [6.45, 7) is 4.59. The lowest BCUT2D eigenvalue weighted by atomic mass is 10.1. The van der Waals surface area contributed by atoms with Gasteiger partial charge in [-0.3, -0.25) is 9.78 Å². The maximum absolute atomic E-state index is 14.2. The summed E-state index contributed by atoms with van der Waals surface area (Å²) >= 11 is 0. The number of nitrogens with one attached hydrogen (secondary N) is 2. The number of amides is 1. The summed E-state index contributed by atoms with van der Waals surface area (Å²) < 4.78 is 40.6. The van der Waals surface area contributed by atoms with Crippen molar-refractivity contribution in [1.82, 2.24) is 29.2 Å². The summed E-state index contributed by atoms with van der Waals surface area (Å²) in [7, 11) is -3.24. The first-order valence-electron chi connectivity index (χ1n) is 10.6. The summed E-state index contributed by atoms with van der Waals surface area (Å²) in [5.41, 5.74) is 1.87. The van der Waals surface area contributed by atoms with Crippen molar-refractivity contribution >= 4 is 27.3 Å². The Hall–Kier alpha value is -3.12. The van der Waals surface area contributed by atoms with E-state index >= 15 is 0 Å². The van der Waals surface area contributed by atoms with Gasteiger partial charge in [-0.05, 0) is 32.8 Å². The van der Waals surface area contributed by atoms with Gasteiger partial charge >= 0.3 is 0 Å². The molecule has 0 spiro atoms. The number of hydrogen-bond acceptors (Lipinski definition) is 7. The number of imidazole rings is 1. The van der Waals surface area contributed by atoms with Crippen molar-refractivity contribution in [3.63, 3.8) is 0 Å². The monoisotopic (exact) mass is 475 g/mol. The molecule has 0 bridgehead atoms. The minimum atomic E-state index is -3.24. The van der Waals surface area contributed by atoms with Crippen LogP contribution in [0.2, 0.25) is 0 Å². The Morgan fingerprint density at radius 2 is 1.97 bits per heavy atom. The third-order valence-electron chi connectivity index (χ3n) is 5.48. The Morgan fingerprint density at radius 1 is 1.24 bits per heavy atom. The smallest absolute Gasteiger partial charge is 0.255 e. The number of aromatic nitrogens is 4. The normalized spacial score (nSPS) is 15.8. The molecule has 33 heavy (non-hydrogen) atoms. The van der Waals surface area contributed by atoms with Crippen LogP contribution in [-0.2, 0) is 10.0 Å². The molecular formula is C21H26FN7O3S. The van der Waals surface area contributed by atoms with Crippen LogP contribution < -0.4 is 10.6 Å². The van der Waals surface area contributed by atoms with E-state index in [1.165, 1.54) is 33.5 Å². The number of halogens is 1. The minimum Gasteiger partial charge on any atom is -0.379 e. The van der Waals surface area contributed by atoms with Crippen LogP contribution in [0.1, 0.15) is 37.0 Å². The first kappa shape index (κ1) is 23.1. The number of carbonyl (C=O) groups is 1. The Balaban J connectivity index is 1.63. The van der Waals surface area contributed by atoms with Gasteiger partial charge in [-0.15, -0.1) is 0 Å². The lowest BCUT2D eigenvalue weighted by Crippen LogP contribution is -2.46. The van der Waals surface area contributed by atoms with Crippen LogP contribution in [0.3, 0.4) is 0 Å². The molecule has 1 fully saturated rings. The van der Waals surface area contributed by atoms with Crippen molar-refractivity contribution < 1.29 is 17.6 Å². The molecule has 1 amide bonds. The predicted octanol–water partition coefficient (Wildman–Crippen LogP) is 1.90. The van der Waals surface area contributed by atoms with E-state index < -0.39 is 15.8 Å². The molecule has 4 heterocycles. The summed E-state index contributed by atoms with van der Waals surface area (Å²) in [4.78, 5) is 21.4. The van der Waals surface area contributed by atoms with E-state index in [0.29, 0.717) is 48.5 Å². The number of carbonyl (C=O) groups excluding carboxylic acids is 1. The molecule has 1 aliphatic heterocycles. The third-order valence-corrected chi connectivity index (χ3v) is 6.78. The molecule has 3 aromatic heterocycles. The van der Waals surface area contributed by atoms with Crippen LogP contribution >= 0.6 is 0 Å². The Bertz CT molecular complexity index is 1280. The molecule has 3 aromatic rings. The highest BCUT2D eigenvalue weighted by Gasteiger charge is 2.27. The summed E-state index contributed by atoms with van der Waals surface area (Å²) in [5, 5.41) is 10.6. The number of anilines is 1. The molecular weight excluding hydrogens is 449 g/mol. The number of piperidine rings is 1. The number of sulfonamides is 1. The predicted molar refractivity (Wildman–Crippen MR) is 122 cm³/mol. The molecule has 176 valence electrons. The largest absolute Gasteiger partial charge is 0.379 e. The average molecular weight is 476 g/mol. The molecule has 2 N–H and O–H groups in total. The SMILES string of the molecule is CC(C)Nc1c(C(=O)NC2CCN(S(C)(=O)=O)CC2)cnn2cc(-c3ccncc3F)nc12. The van der Waals surface area contributed by atoms with Gasteiger partial charge in [-0.25, -0.2) is 26.6 Å². The molecule has 10 nitrogen and oxygen atoms in total. The number of rotatable bonds is 6. The minimum absolute atomic E-state index is 0.00133. The van der Waals surface area contributed by atoms with E-state index in [0.717, 1.165) is 6.20 Å². The molecule has 0 unspecified atom stereocenters. The highest BCUT2D eigenvalue weighted by Crippen LogP contribution is 2.27. The van der Waals surface area contributed by atoms with Gasteiger partial charge in [0.15, 0.2) is 11.5 Å². The zero-order valence-electron chi connectivity index (χ0n) is 18.6. The number of fused-ring (bicyclic) bond motifs is 1. The van der Waals surface area contributed by atoms with Gasteiger partial charge < -0.3 is 10.6 Å². The number of nitrogens with zero attached hydrogens (tertiary/aromatic N) is 5. The molecule has 4 rings (SSSR count). The zero-order valence-corrected chi connectivity index (χ0v) is 19.4. The first-order valence-corrected chi connectivity index (χ1v) is 12.5. The summed E-state index contributed by atoms with van der Waals surface area (Å²) in [6.07, 6.45) is 7.89. The van der Waals surface area contributed by atoms with E-state index in [2.05, 4.69) is 25.7 Å². The van der Waals surface area contributed by atoms with E-state index in [4.69, 9.17) is 0 Å². The lowest BCUT2D eigenvalue weighted by Gasteiger charge is -2.30. The molecule has 0 radical (unpaired) electrons. The highest BCUT2D eigenvalue weighted by molar-refractivity contribution is 7.88. The van der Waals surface area contributed by atoms with Crippen molar-refractivity contribution in [3.8, 4) is 11.3 Å².